The zero-order valence-electron chi connectivity index (χ0n) is 31.0. The first-order valence-electron chi connectivity index (χ1n) is 18.7. The summed E-state index contributed by atoms with van der Waals surface area (Å²) < 4.78 is 118. The highest BCUT2D eigenvalue weighted by molar-refractivity contribution is 7.90. The van der Waals surface area contributed by atoms with Crippen molar-refractivity contribution < 1.29 is 63.4 Å². The largest absolute Gasteiger partial charge is 0.483 e. The number of aryl methyl sites for hydroxylation is 2. The minimum atomic E-state index is -6.07. The van der Waals surface area contributed by atoms with Gasteiger partial charge in [0.15, 0.2) is 0 Å². The molecule has 1 aromatic heterocycles. The molecule has 7 rings (SSSR count). The average molecular weight is 830 g/mol. The normalized spacial score (nSPS) is 29.7. The summed E-state index contributed by atoms with van der Waals surface area (Å²) in [5, 5.41) is 5.50. The van der Waals surface area contributed by atoms with E-state index in [1.807, 2.05) is 29.6 Å². The number of nitrogens with zero attached hydrogens (tertiary/aromatic N) is 3. The molecular formula is C37H41F6N5O8S. The lowest BCUT2D eigenvalue weighted by molar-refractivity contribution is -0.358. The quantitative estimate of drug-likeness (QED) is 0.328. The van der Waals surface area contributed by atoms with Gasteiger partial charge >= 0.3 is 18.4 Å². The minimum Gasteiger partial charge on any atom is -0.483 e. The van der Waals surface area contributed by atoms with E-state index in [1.54, 1.807) is 19.1 Å². The molecule has 20 heteroatoms. The number of allylic oxidation sites excluding steroid dienone is 1. The third-order valence-corrected chi connectivity index (χ3v) is 13.5. The number of halogens is 6. The standard InChI is InChI=1S/C37H41F6N5O8S/c1-21-28-24(23-11-8-9-12-25(23)44-21)14-15-34(55-28)19-27-29(49)46-35(31(51)48-16-17-57(48,53)54)18-22(35)10-6-4-3-5-7-13-26(30(50)47(27)20-34)45-32(52)56-33(2,36(38,39)40)37(41,42)43/h6,8-12,22,26-27H,3-5,7,13-20H2,1-2H3,(H,45,52)(H,46,49)/b10-6-/t22-,26+,27+,34-,35-/m1/s1. The number of para-hydroxylation sites is 1. The maximum absolute atomic E-state index is 14.6. The van der Waals surface area contributed by atoms with Crippen molar-refractivity contribution in [1.82, 2.24) is 24.8 Å². The number of fused-ring (bicyclic) bond motifs is 5. The van der Waals surface area contributed by atoms with Crippen LogP contribution < -0.4 is 15.4 Å². The van der Waals surface area contributed by atoms with Crippen LogP contribution in [0.15, 0.2) is 36.4 Å². The number of alkyl carbamates (subject to hydrolysis) is 1. The van der Waals surface area contributed by atoms with Crippen molar-refractivity contribution >= 4 is 44.7 Å². The van der Waals surface area contributed by atoms with E-state index in [2.05, 4.69) is 15.0 Å². The van der Waals surface area contributed by atoms with Crippen LogP contribution in [0.2, 0.25) is 0 Å². The fraction of sp³-hybridized carbons (Fsp3) is 0.595. The van der Waals surface area contributed by atoms with Crippen molar-refractivity contribution in [3.8, 4) is 5.75 Å². The molecule has 2 saturated heterocycles. The second-order valence-corrected chi connectivity index (χ2v) is 17.7. The van der Waals surface area contributed by atoms with Gasteiger partial charge in [0.05, 0.1) is 30.1 Å². The zero-order chi connectivity index (χ0) is 41.3. The molecule has 13 nitrogen and oxygen atoms in total. The van der Waals surface area contributed by atoms with Crippen molar-refractivity contribution in [3.63, 3.8) is 0 Å². The summed E-state index contributed by atoms with van der Waals surface area (Å²) in [5.41, 5.74) is -5.74. The molecule has 4 aliphatic heterocycles. The van der Waals surface area contributed by atoms with Crippen LogP contribution in [0.5, 0.6) is 5.75 Å². The summed E-state index contributed by atoms with van der Waals surface area (Å²) >= 11 is 0. The van der Waals surface area contributed by atoms with Crippen LogP contribution in [0.4, 0.5) is 31.1 Å². The Balaban J connectivity index is 1.24. The number of aromatic nitrogens is 1. The van der Waals surface area contributed by atoms with Gasteiger partial charge in [-0.25, -0.2) is 22.5 Å². The average Bonchev–Trinajstić information content (AvgIpc) is 3.70. The van der Waals surface area contributed by atoms with Crippen molar-refractivity contribution in [2.75, 3.05) is 18.8 Å². The Kier molecular flexibility index (Phi) is 9.99. The molecule has 2 N–H and O–H groups in total. The number of hydrogen-bond acceptors (Lipinski definition) is 9. The number of rotatable bonds is 3. The summed E-state index contributed by atoms with van der Waals surface area (Å²) in [4.78, 5) is 61.5. The van der Waals surface area contributed by atoms with Crippen LogP contribution in [0, 0.1) is 12.8 Å². The molecule has 57 heavy (non-hydrogen) atoms. The van der Waals surface area contributed by atoms with Crippen LogP contribution in [-0.4, -0.2) is 106 Å². The van der Waals surface area contributed by atoms with E-state index < -0.39 is 80.9 Å². The second-order valence-electron chi connectivity index (χ2n) is 15.6. The number of pyridine rings is 1. The van der Waals surface area contributed by atoms with Crippen molar-refractivity contribution in [3.05, 3.63) is 47.7 Å². The Morgan fingerprint density at radius 2 is 1.77 bits per heavy atom. The lowest BCUT2D eigenvalue weighted by atomic mass is 9.87. The molecule has 1 aromatic carbocycles. The lowest BCUT2D eigenvalue weighted by Crippen LogP contribution is -2.62. The van der Waals surface area contributed by atoms with E-state index >= 15 is 0 Å². The van der Waals surface area contributed by atoms with Gasteiger partial charge in [-0.3, -0.25) is 14.4 Å². The van der Waals surface area contributed by atoms with E-state index in [4.69, 9.17) is 4.74 Å². The van der Waals surface area contributed by atoms with Gasteiger partial charge in [0.25, 0.3) is 11.5 Å². The summed E-state index contributed by atoms with van der Waals surface area (Å²) in [5.74, 6) is -3.09. The Morgan fingerprint density at radius 3 is 2.44 bits per heavy atom. The molecule has 4 amide bonds. The van der Waals surface area contributed by atoms with E-state index in [-0.39, 0.29) is 57.9 Å². The number of sulfonamides is 1. The molecule has 1 saturated carbocycles. The number of hydrogen-bond donors (Lipinski definition) is 2. The summed E-state index contributed by atoms with van der Waals surface area (Å²) in [6.07, 6.45) is -8.87. The third-order valence-electron chi connectivity index (χ3n) is 11.8. The van der Waals surface area contributed by atoms with Gasteiger partial charge in [-0.15, -0.1) is 0 Å². The molecule has 0 unspecified atom stereocenters. The maximum Gasteiger partial charge on any atom is 0.437 e. The highest BCUT2D eigenvalue weighted by Gasteiger charge is 2.71. The first kappa shape index (κ1) is 40.6. The predicted octanol–water partition coefficient (Wildman–Crippen LogP) is 4.75. The van der Waals surface area contributed by atoms with Crippen molar-refractivity contribution in [2.45, 2.75) is 113 Å². The highest BCUT2D eigenvalue weighted by atomic mass is 32.2. The first-order chi connectivity index (χ1) is 26.6. The smallest absolute Gasteiger partial charge is 0.437 e. The molecule has 0 radical (unpaired) electrons. The van der Waals surface area contributed by atoms with Crippen LogP contribution in [0.1, 0.15) is 69.5 Å². The molecule has 5 aliphatic rings. The fourth-order valence-electron chi connectivity index (χ4n) is 8.26. The summed E-state index contributed by atoms with van der Waals surface area (Å²) in [6, 6.07) is 4.22. The fourth-order valence-corrected chi connectivity index (χ4v) is 9.34. The Bertz CT molecular complexity index is 2130. The van der Waals surface area contributed by atoms with Crippen LogP contribution in [-0.2, 0) is 35.6 Å². The summed E-state index contributed by atoms with van der Waals surface area (Å²) in [7, 11) is -3.89. The van der Waals surface area contributed by atoms with Crippen LogP contribution >= 0.6 is 0 Å². The van der Waals surface area contributed by atoms with Crippen molar-refractivity contribution in [1.29, 1.82) is 0 Å². The number of carbonyl (C=O) groups is 4. The number of alkyl halides is 6. The number of ether oxygens (including phenoxy) is 2. The Hall–Kier alpha value is -4.62. The van der Waals surface area contributed by atoms with Gasteiger partial charge < -0.3 is 25.0 Å². The molecule has 1 spiro atoms. The Morgan fingerprint density at radius 1 is 1.05 bits per heavy atom. The van der Waals surface area contributed by atoms with Crippen LogP contribution in [0.25, 0.3) is 10.9 Å². The zero-order valence-corrected chi connectivity index (χ0v) is 31.8. The Labute approximate surface area is 323 Å². The number of carbonyl (C=O) groups excluding carboxylic acids is 4. The molecule has 1 aliphatic carbocycles. The van der Waals surface area contributed by atoms with E-state index in [9.17, 15) is 53.9 Å². The van der Waals surface area contributed by atoms with E-state index in [0.29, 0.717) is 41.4 Å². The number of nitrogens with one attached hydrogen (secondary N) is 2. The maximum atomic E-state index is 14.6. The molecule has 5 atom stereocenters. The van der Waals surface area contributed by atoms with Gasteiger partial charge in [0.1, 0.15) is 29.0 Å². The number of benzene rings is 1. The van der Waals surface area contributed by atoms with E-state index in [1.165, 1.54) is 0 Å². The van der Waals surface area contributed by atoms with Gasteiger partial charge in [-0.2, -0.15) is 26.3 Å². The number of amides is 4. The third kappa shape index (κ3) is 7.15. The molecular weight excluding hydrogens is 788 g/mol. The molecule has 2 aromatic rings. The van der Waals surface area contributed by atoms with E-state index in [0.717, 1.165) is 21.4 Å². The molecule has 0 bridgehead atoms. The van der Waals surface area contributed by atoms with Gasteiger partial charge in [0, 0.05) is 23.3 Å². The lowest BCUT2D eigenvalue weighted by Gasteiger charge is -2.37. The summed E-state index contributed by atoms with van der Waals surface area (Å²) in [6.45, 7) is 1.02. The van der Waals surface area contributed by atoms with Crippen LogP contribution in [0.3, 0.4) is 0 Å². The SMILES string of the molecule is Cc1nc2ccccc2c2c1O[C@]1(CC2)C[C@H]2C(=O)N[C@]3(C(=O)N4CCS4(=O)=O)C[C@H]3/C=C\CCCCC[C@H](NC(=O)OC(C)(C(F)(F)F)C(F)(F)F)C(=O)N2C1. The van der Waals surface area contributed by atoms with Gasteiger partial charge in [-0.05, 0) is 58.4 Å². The predicted molar refractivity (Wildman–Crippen MR) is 189 cm³/mol. The first-order valence-corrected chi connectivity index (χ1v) is 20.3. The molecule has 310 valence electrons. The van der Waals surface area contributed by atoms with Gasteiger partial charge in [-0.1, -0.05) is 43.2 Å². The van der Waals surface area contributed by atoms with Gasteiger partial charge in [0.2, 0.25) is 21.8 Å². The molecule has 3 fully saturated rings. The molecule has 5 heterocycles. The second kappa shape index (κ2) is 14.0. The monoisotopic (exact) mass is 829 g/mol. The topological polar surface area (TPSA) is 164 Å². The minimum absolute atomic E-state index is 0.0704. The highest BCUT2D eigenvalue weighted by Crippen LogP contribution is 2.50. The van der Waals surface area contributed by atoms with Crippen molar-refractivity contribution in [2.24, 2.45) is 5.92 Å².